The van der Waals surface area contributed by atoms with Crippen LogP contribution in [0.25, 0.3) is 0 Å². The summed E-state index contributed by atoms with van der Waals surface area (Å²) in [5, 5.41) is 14.1. The largest absolute Gasteiger partial charge is 0.506 e. The van der Waals surface area contributed by atoms with Gasteiger partial charge < -0.3 is 15.2 Å². The summed E-state index contributed by atoms with van der Waals surface area (Å²) in [6.07, 6.45) is 0.279. The van der Waals surface area contributed by atoms with Gasteiger partial charge in [0.1, 0.15) is 40.5 Å². The maximum Gasteiger partial charge on any atom is 0.277 e. The molecular weight excluding hydrogens is 649 g/mol. The Kier molecular flexibility index (Phi) is 7.49. The number of hydrogen-bond acceptors (Lipinski definition) is 7. The summed E-state index contributed by atoms with van der Waals surface area (Å²) >= 11 is 3.42. The van der Waals surface area contributed by atoms with Crippen molar-refractivity contribution in [1.82, 2.24) is 4.98 Å². The van der Waals surface area contributed by atoms with Gasteiger partial charge in [-0.2, -0.15) is 0 Å². The zero-order valence-electron chi connectivity index (χ0n) is 24.1. The number of aromatic hydroxyl groups is 1. The quantitative estimate of drug-likeness (QED) is 0.214. The normalized spacial score (nSPS) is 18.5. The number of nitrogens with zero attached hydrogens (tertiary/aromatic N) is 2. The summed E-state index contributed by atoms with van der Waals surface area (Å²) in [6.45, 7) is 5.39. The SMILES string of the molecule is Cc1cccc(C(=O)N2c3cccc(O)c3NC3=C(C2c2ccc(Oc4ccccc4Br)cc2F)S(=O)(=O)CC(C)(C)C3)n1. The Hall–Kier alpha value is -4.22. The number of phenolic OH excluding ortho intramolecular Hbond substituents is 1. The number of halogens is 2. The fourth-order valence-electron chi connectivity index (χ4n) is 5.84. The Bertz CT molecular complexity index is 1960. The monoisotopic (exact) mass is 677 g/mol. The molecule has 0 saturated carbocycles. The van der Waals surface area contributed by atoms with E-state index in [0.717, 1.165) is 0 Å². The molecule has 11 heteroatoms. The predicted molar refractivity (Wildman–Crippen MR) is 170 cm³/mol. The van der Waals surface area contributed by atoms with Gasteiger partial charge >= 0.3 is 0 Å². The first-order valence-corrected chi connectivity index (χ1v) is 16.3. The molecule has 3 heterocycles. The van der Waals surface area contributed by atoms with Crippen molar-refractivity contribution in [2.24, 2.45) is 5.41 Å². The number of carbonyl (C=O) groups is 1. The van der Waals surface area contributed by atoms with Crippen LogP contribution in [0.3, 0.4) is 0 Å². The van der Waals surface area contributed by atoms with Crippen LogP contribution >= 0.6 is 15.9 Å². The lowest BCUT2D eigenvalue weighted by molar-refractivity contribution is 0.0975. The maximum atomic E-state index is 16.4. The standard InChI is InChI=1S/C33H29BrFN3O5S/c1-19-8-6-10-24(36-19)32(40)38-26-11-7-12-27(39)29(26)37-25-17-33(2,3)18-44(41,42)31(25)30(38)21-15-14-20(16-23(21)35)43-28-13-5-4-9-22(28)34/h4-16,30,37,39H,17-18H2,1-3H3. The lowest BCUT2D eigenvalue weighted by atomic mass is 9.88. The van der Waals surface area contributed by atoms with Gasteiger partial charge in [0.2, 0.25) is 0 Å². The van der Waals surface area contributed by atoms with Crippen LogP contribution in [0.15, 0.2) is 93.9 Å². The van der Waals surface area contributed by atoms with Gasteiger partial charge in [-0.1, -0.05) is 38.1 Å². The van der Waals surface area contributed by atoms with Gasteiger partial charge in [0.05, 0.1) is 20.8 Å². The highest BCUT2D eigenvalue weighted by molar-refractivity contribution is 9.10. The van der Waals surface area contributed by atoms with Crippen molar-refractivity contribution >= 4 is 43.0 Å². The summed E-state index contributed by atoms with van der Waals surface area (Å²) in [7, 11) is -4.06. The van der Waals surface area contributed by atoms with E-state index < -0.39 is 33.0 Å². The van der Waals surface area contributed by atoms with Crippen LogP contribution in [-0.4, -0.2) is 30.2 Å². The fraction of sp³-hybridized carbons (Fsp3) is 0.212. The number of aromatic nitrogens is 1. The second-order valence-corrected chi connectivity index (χ2v) is 14.5. The average Bonchev–Trinajstić information content (AvgIpc) is 3.08. The molecule has 6 rings (SSSR count). The van der Waals surface area contributed by atoms with Crippen LogP contribution in [0.5, 0.6) is 17.2 Å². The maximum absolute atomic E-state index is 16.4. The minimum absolute atomic E-state index is 0.0381. The summed E-state index contributed by atoms with van der Waals surface area (Å²) in [5.41, 5.74) is 0.494. The number of aryl methyl sites for hydroxylation is 1. The molecule has 44 heavy (non-hydrogen) atoms. The molecule has 0 bridgehead atoms. The molecule has 2 aliphatic rings. The second kappa shape index (κ2) is 11.0. The Morgan fingerprint density at radius 2 is 1.84 bits per heavy atom. The first kappa shape index (κ1) is 29.8. The molecule has 1 aromatic heterocycles. The van der Waals surface area contributed by atoms with Crippen LogP contribution in [0.1, 0.15) is 48.1 Å². The highest BCUT2D eigenvalue weighted by Gasteiger charge is 2.48. The number of carbonyl (C=O) groups excluding carboxylic acids is 1. The zero-order valence-corrected chi connectivity index (χ0v) is 26.5. The number of amides is 1. The third kappa shape index (κ3) is 5.46. The number of para-hydroxylation sites is 2. The van der Waals surface area contributed by atoms with E-state index >= 15 is 4.39 Å². The third-order valence-corrected chi connectivity index (χ3v) is 10.5. The topological polar surface area (TPSA) is 109 Å². The number of hydrogen-bond donors (Lipinski definition) is 2. The molecule has 0 saturated heterocycles. The molecule has 1 amide bonds. The Morgan fingerprint density at radius 1 is 1.09 bits per heavy atom. The van der Waals surface area contributed by atoms with Crippen LogP contribution in [-0.2, 0) is 9.84 Å². The smallest absolute Gasteiger partial charge is 0.277 e. The number of rotatable bonds is 4. The molecule has 0 spiro atoms. The van der Waals surface area contributed by atoms with E-state index in [1.807, 2.05) is 19.9 Å². The third-order valence-electron chi connectivity index (χ3n) is 7.59. The number of fused-ring (bicyclic) bond motifs is 1. The molecular formula is C33H29BrFN3O5S. The average molecular weight is 679 g/mol. The highest BCUT2D eigenvalue weighted by atomic mass is 79.9. The molecule has 0 aliphatic carbocycles. The minimum Gasteiger partial charge on any atom is -0.506 e. The van der Waals surface area contributed by atoms with Crippen LogP contribution in [0.2, 0.25) is 0 Å². The van der Waals surface area contributed by atoms with Gasteiger partial charge in [0, 0.05) is 23.0 Å². The van der Waals surface area contributed by atoms with Crippen molar-refractivity contribution in [3.8, 4) is 17.2 Å². The van der Waals surface area contributed by atoms with Crippen molar-refractivity contribution in [1.29, 1.82) is 0 Å². The van der Waals surface area contributed by atoms with Gasteiger partial charge in [0.15, 0.2) is 9.84 Å². The number of pyridine rings is 1. The Labute approximate surface area is 263 Å². The molecule has 4 aromatic rings. The van der Waals surface area contributed by atoms with E-state index in [9.17, 15) is 18.3 Å². The molecule has 2 aliphatic heterocycles. The van der Waals surface area contributed by atoms with Gasteiger partial charge in [-0.15, -0.1) is 0 Å². The van der Waals surface area contributed by atoms with E-state index in [4.69, 9.17) is 4.74 Å². The van der Waals surface area contributed by atoms with E-state index in [-0.39, 0.29) is 56.9 Å². The van der Waals surface area contributed by atoms with Crippen molar-refractivity contribution in [2.75, 3.05) is 16.0 Å². The van der Waals surface area contributed by atoms with Crippen LogP contribution in [0, 0.1) is 18.2 Å². The van der Waals surface area contributed by atoms with E-state index in [2.05, 4.69) is 26.2 Å². The molecule has 8 nitrogen and oxygen atoms in total. The number of allylic oxidation sites excluding steroid dienone is 1. The first-order valence-electron chi connectivity index (χ1n) is 13.9. The van der Waals surface area contributed by atoms with Gasteiger partial charge in [-0.05, 0) is 83.2 Å². The highest BCUT2D eigenvalue weighted by Crippen LogP contribution is 2.52. The minimum atomic E-state index is -4.06. The molecule has 0 fully saturated rings. The van der Waals surface area contributed by atoms with Gasteiger partial charge in [-0.3, -0.25) is 9.69 Å². The number of phenols is 1. The van der Waals surface area contributed by atoms with Gasteiger partial charge in [-0.25, -0.2) is 17.8 Å². The predicted octanol–water partition coefficient (Wildman–Crippen LogP) is 7.66. The summed E-state index contributed by atoms with van der Waals surface area (Å²) in [4.78, 5) is 19.9. The van der Waals surface area contributed by atoms with Crippen LogP contribution in [0.4, 0.5) is 15.8 Å². The summed E-state index contributed by atoms with van der Waals surface area (Å²) in [5.74, 6) is -1.19. The van der Waals surface area contributed by atoms with Gasteiger partial charge in [0.25, 0.3) is 5.91 Å². The molecule has 226 valence electrons. The zero-order chi connectivity index (χ0) is 31.4. The molecule has 0 radical (unpaired) electrons. The number of nitrogens with one attached hydrogen (secondary N) is 1. The Morgan fingerprint density at radius 3 is 2.57 bits per heavy atom. The van der Waals surface area contributed by atoms with Crippen molar-refractivity contribution in [2.45, 2.75) is 33.2 Å². The Balaban J connectivity index is 1.61. The summed E-state index contributed by atoms with van der Waals surface area (Å²) < 4.78 is 51.2. The fourth-order valence-corrected chi connectivity index (χ4v) is 8.57. The van der Waals surface area contributed by atoms with Crippen molar-refractivity contribution < 1.29 is 27.4 Å². The van der Waals surface area contributed by atoms with Crippen LogP contribution < -0.4 is 15.0 Å². The van der Waals surface area contributed by atoms with Crippen molar-refractivity contribution in [3.63, 3.8) is 0 Å². The van der Waals surface area contributed by atoms with E-state index in [1.165, 1.54) is 35.2 Å². The van der Waals surface area contributed by atoms with Crippen molar-refractivity contribution in [3.05, 3.63) is 117 Å². The molecule has 3 aromatic carbocycles. The number of sulfone groups is 1. The number of benzene rings is 3. The number of ether oxygens (including phenoxy) is 1. The lowest BCUT2D eigenvalue weighted by Crippen LogP contribution is -2.41. The van der Waals surface area contributed by atoms with E-state index in [0.29, 0.717) is 15.9 Å². The first-order chi connectivity index (χ1) is 20.8. The van der Waals surface area contributed by atoms with E-state index in [1.54, 1.807) is 49.4 Å². The molecule has 2 N–H and O–H groups in total. The summed E-state index contributed by atoms with van der Waals surface area (Å²) in [6, 6.07) is 19.3. The number of anilines is 2. The second-order valence-electron chi connectivity index (χ2n) is 11.7. The molecule has 1 unspecified atom stereocenters. The molecule has 1 atom stereocenters. The lowest BCUT2D eigenvalue weighted by Gasteiger charge is -2.37.